The first-order valence-electron chi connectivity index (χ1n) is 7.70. The smallest absolute Gasteiger partial charge is 0.355 e. The highest BCUT2D eigenvalue weighted by atomic mass is 35.5. The lowest BCUT2D eigenvalue weighted by atomic mass is 10.2. The van der Waals surface area contributed by atoms with Crippen LogP contribution in [0.15, 0.2) is 30.6 Å². The molecule has 1 aromatic carbocycles. The summed E-state index contributed by atoms with van der Waals surface area (Å²) in [5.74, 6) is -0.409. The predicted molar refractivity (Wildman–Crippen MR) is 94.3 cm³/mol. The van der Waals surface area contributed by atoms with Crippen molar-refractivity contribution in [3.8, 4) is 0 Å². The third-order valence-electron chi connectivity index (χ3n) is 3.70. The van der Waals surface area contributed by atoms with Gasteiger partial charge in [0.25, 0.3) is 5.91 Å². The number of carbonyl (C=O) groups is 1. The summed E-state index contributed by atoms with van der Waals surface area (Å²) < 4.78 is 5.25. The second-order valence-corrected chi connectivity index (χ2v) is 5.77. The summed E-state index contributed by atoms with van der Waals surface area (Å²) >= 11 is 5.78. The van der Waals surface area contributed by atoms with Gasteiger partial charge in [0.2, 0.25) is 11.6 Å². The van der Waals surface area contributed by atoms with E-state index >= 15 is 0 Å². The van der Waals surface area contributed by atoms with Crippen molar-refractivity contribution in [1.29, 1.82) is 0 Å². The normalized spacial score (nSPS) is 14.0. The molecule has 1 fully saturated rings. The Morgan fingerprint density at radius 3 is 2.58 bits per heavy atom. The molecule has 1 aromatic heterocycles. The molecule has 0 aliphatic carbocycles. The minimum absolute atomic E-state index is 0.103. The zero-order chi connectivity index (χ0) is 18.5. The number of hydrogen-bond acceptors (Lipinski definition) is 8. The molecule has 10 nitrogen and oxygen atoms in total. The summed E-state index contributed by atoms with van der Waals surface area (Å²) in [6.07, 6.45) is 1.20. The second-order valence-electron chi connectivity index (χ2n) is 5.34. The summed E-state index contributed by atoms with van der Waals surface area (Å²) in [4.78, 5) is 32.7. The Balaban J connectivity index is 1.79. The van der Waals surface area contributed by atoms with E-state index in [0.29, 0.717) is 36.9 Å². The van der Waals surface area contributed by atoms with Gasteiger partial charge in [-0.25, -0.2) is 9.97 Å². The van der Waals surface area contributed by atoms with Crippen LogP contribution in [-0.2, 0) is 4.74 Å². The van der Waals surface area contributed by atoms with Crippen LogP contribution >= 0.6 is 11.6 Å². The Labute approximate surface area is 153 Å². The fraction of sp³-hybridized carbons (Fsp3) is 0.267. The highest BCUT2D eigenvalue weighted by Gasteiger charge is 2.28. The van der Waals surface area contributed by atoms with Gasteiger partial charge in [0.05, 0.1) is 18.1 Å². The molecule has 2 aromatic rings. The summed E-state index contributed by atoms with van der Waals surface area (Å²) in [7, 11) is 0. The summed E-state index contributed by atoms with van der Waals surface area (Å²) in [6.45, 7) is 1.87. The first kappa shape index (κ1) is 17.8. The van der Waals surface area contributed by atoms with Crippen molar-refractivity contribution >= 4 is 34.8 Å². The zero-order valence-corrected chi connectivity index (χ0v) is 14.3. The Hall–Kier alpha value is -2.98. The number of nitrogens with zero attached hydrogens (tertiary/aromatic N) is 4. The molecular weight excluding hydrogens is 364 g/mol. The fourth-order valence-electron chi connectivity index (χ4n) is 2.43. The molecule has 0 bridgehead atoms. The van der Waals surface area contributed by atoms with Crippen LogP contribution in [-0.4, -0.2) is 47.1 Å². The Kier molecular flexibility index (Phi) is 5.44. The maximum absolute atomic E-state index is 12.1. The van der Waals surface area contributed by atoms with Crippen LogP contribution in [0.25, 0.3) is 0 Å². The van der Waals surface area contributed by atoms with E-state index in [0.717, 1.165) is 0 Å². The zero-order valence-electron chi connectivity index (χ0n) is 13.5. The average Bonchev–Trinajstić information content (AvgIpc) is 2.67. The molecule has 26 heavy (non-hydrogen) atoms. The molecule has 3 rings (SSSR count). The average molecular weight is 379 g/mol. The predicted octanol–water partition coefficient (Wildman–Crippen LogP) is 1.63. The van der Waals surface area contributed by atoms with Crippen molar-refractivity contribution in [1.82, 2.24) is 15.4 Å². The fourth-order valence-corrected chi connectivity index (χ4v) is 2.55. The SMILES string of the molecule is O=C(NNc1ncnc(N2CCOCC2)c1[N+](=O)[O-])c1ccc(Cl)cc1. The van der Waals surface area contributed by atoms with Gasteiger partial charge in [0.15, 0.2) is 0 Å². The Morgan fingerprint density at radius 1 is 1.23 bits per heavy atom. The van der Waals surface area contributed by atoms with Crippen molar-refractivity contribution in [3.05, 3.63) is 51.3 Å². The third-order valence-corrected chi connectivity index (χ3v) is 3.95. The number of carbonyl (C=O) groups excluding carboxylic acids is 1. The van der Waals surface area contributed by atoms with E-state index in [1.54, 1.807) is 17.0 Å². The molecule has 1 aliphatic heterocycles. The summed E-state index contributed by atoms with van der Waals surface area (Å²) in [6, 6.07) is 6.21. The van der Waals surface area contributed by atoms with E-state index in [-0.39, 0.29) is 17.3 Å². The number of hydrogen-bond donors (Lipinski definition) is 2. The van der Waals surface area contributed by atoms with Crippen LogP contribution in [0.1, 0.15) is 10.4 Å². The monoisotopic (exact) mass is 378 g/mol. The maximum atomic E-state index is 12.1. The Bertz CT molecular complexity index is 810. The number of halogens is 1. The van der Waals surface area contributed by atoms with Gasteiger partial charge >= 0.3 is 5.69 Å². The van der Waals surface area contributed by atoms with Gasteiger partial charge in [-0.3, -0.25) is 25.8 Å². The van der Waals surface area contributed by atoms with E-state index in [1.165, 1.54) is 18.5 Å². The number of aromatic nitrogens is 2. The molecule has 2 heterocycles. The summed E-state index contributed by atoms with van der Waals surface area (Å²) in [5, 5.41) is 12.0. The minimum atomic E-state index is -0.582. The van der Waals surface area contributed by atoms with Gasteiger partial charge in [0, 0.05) is 23.7 Å². The van der Waals surface area contributed by atoms with Crippen LogP contribution in [0.4, 0.5) is 17.3 Å². The van der Waals surface area contributed by atoms with Crippen LogP contribution in [0.2, 0.25) is 5.02 Å². The third kappa shape index (κ3) is 3.98. The van der Waals surface area contributed by atoms with Crippen LogP contribution in [0, 0.1) is 10.1 Å². The van der Waals surface area contributed by atoms with E-state index in [4.69, 9.17) is 16.3 Å². The molecule has 0 saturated carbocycles. The largest absolute Gasteiger partial charge is 0.378 e. The molecule has 0 atom stereocenters. The van der Waals surface area contributed by atoms with Gasteiger partial charge in [-0.05, 0) is 24.3 Å². The topological polar surface area (TPSA) is 123 Å². The summed E-state index contributed by atoms with van der Waals surface area (Å²) in [5.41, 5.74) is 4.92. The van der Waals surface area contributed by atoms with Crippen molar-refractivity contribution in [2.45, 2.75) is 0 Å². The number of morpholine rings is 1. The van der Waals surface area contributed by atoms with Crippen LogP contribution in [0.5, 0.6) is 0 Å². The number of hydrazine groups is 1. The first-order valence-corrected chi connectivity index (χ1v) is 8.08. The molecular formula is C15H15ClN6O4. The standard InChI is InChI=1S/C15H15ClN6O4/c16-11-3-1-10(2-4-11)15(23)20-19-13-12(22(24)25)14(18-9-17-13)21-5-7-26-8-6-21/h1-4,9H,5-8H2,(H,20,23)(H,17,18,19). The molecule has 1 saturated heterocycles. The first-order chi connectivity index (χ1) is 12.6. The lowest BCUT2D eigenvalue weighted by Crippen LogP contribution is -2.37. The quantitative estimate of drug-likeness (QED) is 0.594. The molecule has 1 amide bonds. The van der Waals surface area contributed by atoms with Crippen molar-refractivity contribution in [2.75, 3.05) is 36.6 Å². The molecule has 136 valence electrons. The highest BCUT2D eigenvalue weighted by Crippen LogP contribution is 2.31. The highest BCUT2D eigenvalue weighted by molar-refractivity contribution is 6.30. The number of nitrogens with one attached hydrogen (secondary N) is 2. The second kappa shape index (κ2) is 7.93. The maximum Gasteiger partial charge on any atom is 0.355 e. The molecule has 1 aliphatic rings. The van der Waals surface area contributed by atoms with E-state index in [1.807, 2.05) is 0 Å². The van der Waals surface area contributed by atoms with E-state index in [9.17, 15) is 14.9 Å². The van der Waals surface area contributed by atoms with Crippen LogP contribution < -0.4 is 15.8 Å². The molecule has 11 heteroatoms. The van der Waals surface area contributed by atoms with Gasteiger partial charge in [-0.2, -0.15) is 0 Å². The number of amides is 1. The number of benzene rings is 1. The van der Waals surface area contributed by atoms with Gasteiger partial charge in [-0.15, -0.1) is 0 Å². The Morgan fingerprint density at radius 2 is 1.92 bits per heavy atom. The minimum Gasteiger partial charge on any atom is -0.378 e. The molecule has 0 unspecified atom stereocenters. The molecule has 0 spiro atoms. The number of nitro groups is 1. The number of rotatable bonds is 5. The van der Waals surface area contributed by atoms with Gasteiger partial charge < -0.3 is 9.64 Å². The van der Waals surface area contributed by atoms with Gasteiger partial charge in [0.1, 0.15) is 6.33 Å². The van der Waals surface area contributed by atoms with Crippen molar-refractivity contribution in [3.63, 3.8) is 0 Å². The van der Waals surface area contributed by atoms with E-state index < -0.39 is 10.8 Å². The van der Waals surface area contributed by atoms with Gasteiger partial charge in [-0.1, -0.05) is 11.6 Å². The van der Waals surface area contributed by atoms with Crippen molar-refractivity contribution in [2.24, 2.45) is 0 Å². The lowest BCUT2D eigenvalue weighted by molar-refractivity contribution is -0.383. The number of anilines is 2. The molecule has 0 radical (unpaired) electrons. The van der Waals surface area contributed by atoms with E-state index in [2.05, 4.69) is 20.8 Å². The van der Waals surface area contributed by atoms with Crippen molar-refractivity contribution < 1.29 is 14.5 Å². The lowest BCUT2D eigenvalue weighted by Gasteiger charge is -2.27. The molecule has 2 N–H and O–H groups in total. The number of ether oxygens (including phenoxy) is 1. The van der Waals surface area contributed by atoms with Crippen LogP contribution in [0.3, 0.4) is 0 Å².